The highest BCUT2D eigenvalue weighted by atomic mass is 32.1. The van der Waals surface area contributed by atoms with Gasteiger partial charge in [0.1, 0.15) is 11.2 Å². The molecule has 57 heavy (non-hydrogen) atoms. The van der Waals surface area contributed by atoms with Crippen molar-refractivity contribution in [2.24, 2.45) is 0 Å². The number of fused-ring (bicyclic) bond motifs is 17. The molecule has 2 aliphatic rings. The normalized spacial score (nSPS) is 13.4. The molecule has 0 atom stereocenters. The molecule has 0 N–H and O–H groups in total. The number of benzene rings is 8. The van der Waals surface area contributed by atoms with E-state index in [9.17, 15) is 0 Å². The molecule has 5 heteroatoms. The zero-order valence-electron chi connectivity index (χ0n) is 30.4. The van der Waals surface area contributed by atoms with Gasteiger partial charge in [-0.3, -0.25) is 0 Å². The molecule has 8 aromatic carbocycles. The summed E-state index contributed by atoms with van der Waals surface area (Å²) in [6, 6.07) is 62.9. The van der Waals surface area contributed by atoms with Crippen LogP contribution in [0.4, 0.5) is 0 Å². The van der Waals surface area contributed by atoms with Gasteiger partial charge in [-0.2, -0.15) is 0 Å². The molecule has 2 aliphatic carbocycles. The third-order valence-electron chi connectivity index (χ3n) is 12.1. The van der Waals surface area contributed by atoms with E-state index in [1.807, 2.05) is 72.0 Å². The Morgan fingerprint density at radius 1 is 0.386 bits per heavy atom. The van der Waals surface area contributed by atoms with E-state index >= 15 is 0 Å². The SMILES string of the molecule is c1ccc(-c2nc(-c3ccccc3)nc(-c3ccc4c(c3)oc3ccc5c(c34)C3(c4ccccc4-c4ccccc43)c3cc4sc6ccccc6c4cc3-5)n2)cc1. The summed E-state index contributed by atoms with van der Waals surface area (Å²) in [6.45, 7) is 0. The van der Waals surface area contributed by atoms with Crippen molar-refractivity contribution in [2.75, 3.05) is 0 Å². The van der Waals surface area contributed by atoms with Crippen LogP contribution in [0.3, 0.4) is 0 Å². The van der Waals surface area contributed by atoms with Crippen molar-refractivity contribution < 1.29 is 4.42 Å². The van der Waals surface area contributed by atoms with Crippen LogP contribution in [0.1, 0.15) is 22.3 Å². The minimum absolute atomic E-state index is 0.527. The average Bonchev–Trinajstić information content (AvgIpc) is 4.00. The molecule has 0 radical (unpaired) electrons. The third kappa shape index (κ3) is 4.18. The molecule has 0 fully saturated rings. The molecule has 13 rings (SSSR count). The van der Waals surface area contributed by atoms with Crippen molar-refractivity contribution in [2.45, 2.75) is 5.41 Å². The van der Waals surface area contributed by atoms with Gasteiger partial charge in [-0.15, -0.1) is 11.3 Å². The Balaban J connectivity index is 1.09. The van der Waals surface area contributed by atoms with E-state index in [4.69, 9.17) is 19.4 Å². The number of rotatable bonds is 3. The minimum Gasteiger partial charge on any atom is -0.456 e. The largest absolute Gasteiger partial charge is 0.456 e. The van der Waals surface area contributed by atoms with Crippen molar-refractivity contribution >= 4 is 53.4 Å². The standard InChI is InChI=1S/C52H29N3OS/c1-3-13-30(14-4-1)49-53-50(31-15-5-2-6-16-31)55-51(54-49)32-23-24-37-44(27-32)56-43-26-25-36-38-28-39-35-19-9-12-22-45(35)57-46(39)29-42(38)52(48(36)47(37)43)40-20-10-7-17-33(40)34-18-8-11-21-41(34)52/h1-29H. The van der Waals surface area contributed by atoms with E-state index < -0.39 is 5.41 Å². The van der Waals surface area contributed by atoms with Crippen LogP contribution in [0.15, 0.2) is 180 Å². The topological polar surface area (TPSA) is 51.8 Å². The molecule has 3 aromatic heterocycles. The van der Waals surface area contributed by atoms with Crippen LogP contribution >= 0.6 is 11.3 Å². The van der Waals surface area contributed by atoms with Crippen LogP contribution in [0.25, 0.3) is 98.5 Å². The molecule has 0 unspecified atom stereocenters. The molecule has 0 saturated heterocycles. The number of thiophene rings is 1. The maximum absolute atomic E-state index is 6.90. The molecule has 0 bridgehead atoms. The molecule has 0 amide bonds. The molecule has 0 aliphatic heterocycles. The zero-order valence-corrected chi connectivity index (χ0v) is 31.2. The summed E-state index contributed by atoms with van der Waals surface area (Å²) in [5.74, 6) is 1.87. The minimum atomic E-state index is -0.527. The molecular weight excluding hydrogens is 715 g/mol. The van der Waals surface area contributed by atoms with E-state index in [1.165, 1.54) is 64.7 Å². The summed E-state index contributed by atoms with van der Waals surface area (Å²) in [6.07, 6.45) is 0. The lowest BCUT2D eigenvalue weighted by molar-refractivity contribution is 0.668. The van der Waals surface area contributed by atoms with Crippen molar-refractivity contribution in [1.29, 1.82) is 0 Å². The van der Waals surface area contributed by atoms with Crippen LogP contribution in [-0.2, 0) is 5.41 Å². The Bertz CT molecular complexity index is 3370. The Hall–Kier alpha value is -7.21. The van der Waals surface area contributed by atoms with Crippen molar-refractivity contribution in [3.63, 3.8) is 0 Å². The summed E-state index contributed by atoms with van der Waals surface area (Å²) in [5, 5.41) is 4.84. The maximum atomic E-state index is 6.90. The van der Waals surface area contributed by atoms with Crippen molar-refractivity contribution in [3.05, 3.63) is 198 Å². The average molecular weight is 744 g/mol. The zero-order chi connectivity index (χ0) is 37.2. The molecule has 1 spiro atoms. The highest BCUT2D eigenvalue weighted by Crippen LogP contribution is 2.65. The van der Waals surface area contributed by atoms with Gasteiger partial charge >= 0.3 is 0 Å². The number of nitrogens with zero attached hydrogens (tertiary/aromatic N) is 3. The Morgan fingerprint density at radius 2 is 1.00 bits per heavy atom. The first kappa shape index (κ1) is 31.0. The van der Waals surface area contributed by atoms with Crippen molar-refractivity contribution in [3.8, 4) is 56.4 Å². The second-order valence-electron chi connectivity index (χ2n) is 15.0. The van der Waals surface area contributed by atoms with Gasteiger partial charge < -0.3 is 4.42 Å². The van der Waals surface area contributed by atoms with E-state index in [1.54, 1.807) is 0 Å². The lowest BCUT2D eigenvalue weighted by Gasteiger charge is -2.31. The lowest BCUT2D eigenvalue weighted by atomic mass is 9.69. The van der Waals surface area contributed by atoms with E-state index in [0.717, 1.165) is 38.6 Å². The van der Waals surface area contributed by atoms with Gasteiger partial charge in [0.15, 0.2) is 17.5 Å². The fourth-order valence-corrected chi connectivity index (χ4v) is 10.9. The molecule has 0 saturated carbocycles. The summed E-state index contributed by atoms with van der Waals surface area (Å²) in [7, 11) is 0. The second-order valence-corrected chi connectivity index (χ2v) is 16.1. The Labute approximate surface area is 331 Å². The van der Waals surface area contributed by atoms with Crippen LogP contribution < -0.4 is 0 Å². The van der Waals surface area contributed by atoms with E-state index in [-0.39, 0.29) is 0 Å². The van der Waals surface area contributed by atoms with Gasteiger partial charge in [0.25, 0.3) is 0 Å². The molecule has 3 heterocycles. The number of furan rings is 1. The smallest absolute Gasteiger partial charge is 0.164 e. The van der Waals surface area contributed by atoms with Crippen LogP contribution in [0, 0.1) is 0 Å². The predicted molar refractivity (Wildman–Crippen MR) is 233 cm³/mol. The molecule has 4 nitrogen and oxygen atoms in total. The van der Waals surface area contributed by atoms with Gasteiger partial charge in [0.05, 0.1) is 5.41 Å². The van der Waals surface area contributed by atoms with Gasteiger partial charge in [-0.1, -0.05) is 140 Å². The fraction of sp³-hybridized carbons (Fsp3) is 0.0192. The summed E-state index contributed by atoms with van der Waals surface area (Å²) >= 11 is 1.88. The molecular formula is C52H29N3OS. The van der Waals surface area contributed by atoms with E-state index in [2.05, 4.69) is 115 Å². The fourth-order valence-electron chi connectivity index (χ4n) is 9.79. The van der Waals surface area contributed by atoms with Crippen LogP contribution in [0.5, 0.6) is 0 Å². The van der Waals surface area contributed by atoms with Crippen LogP contribution in [0.2, 0.25) is 0 Å². The second kappa shape index (κ2) is 11.4. The third-order valence-corrected chi connectivity index (χ3v) is 13.3. The van der Waals surface area contributed by atoms with Gasteiger partial charge in [0, 0.05) is 47.6 Å². The first-order valence-electron chi connectivity index (χ1n) is 19.3. The Kier molecular flexibility index (Phi) is 6.22. The Morgan fingerprint density at radius 3 is 1.70 bits per heavy atom. The number of hydrogen-bond acceptors (Lipinski definition) is 5. The monoisotopic (exact) mass is 743 g/mol. The highest BCUT2D eigenvalue weighted by Gasteiger charge is 2.53. The summed E-state index contributed by atoms with van der Waals surface area (Å²) in [5.41, 5.74) is 14.3. The van der Waals surface area contributed by atoms with Gasteiger partial charge in [-0.05, 0) is 80.9 Å². The van der Waals surface area contributed by atoms with E-state index in [0.29, 0.717) is 17.5 Å². The predicted octanol–water partition coefficient (Wildman–Crippen LogP) is 13.5. The maximum Gasteiger partial charge on any atom is 0.164 e. The number of aromatic nitrogens is 3. The first-order valence-corrected chi connectivity index (χ1v) is 20.1. The van der Waals surface area contributed by atoms with Gasteiger partial charge in [0.2, 0.25) is 0 Å². The quantitative estimate of drug-likeness (QED) is 0.181. The summed E-state index contributed by atoms with van der Waals surface area (Å²) < 4.78 is 9.52. The number of hydrogen-bond donors (Lipinski definition) is 0. The first-order chi connectivity index (χ1) is 28.2. The highest BCUT2D eigenvalue weighted by molar-refractivity contribution is 7.25. The summed E-state index contributed by atoms with van der Waals surface area (Å²) in [4.78, 5) is 15.0. The molecule has 264 valence electrons. The lowest BCUT2D eigenvalue weighted by Crippen LogP contribution is -2.26. The van der Waals surface area contributed by atoms with Gasteiger partial charge in [-0.25, -0.2) is 15.0 Å². The van der Waals surface area contributed by atoms with Crippen molar-refractivity contribution in [1.82, 2.24) is 15.0 Å². The molecule has 11 aromatic rings. The van der Waals surface area contributed by atoms with Crippen LogP contribution in [-0.4, -0.2) is 15.0 Å².